The molecule has 286 valence electrons. The van der Waals surface area contributed by atoms with Gasteiger partial charge in [-0.25, -0.2) is 0 Å². The summed E-state index contributed by atoms with van der Waals surface area (Å²) in [6, 6.07) is 41.8. The number of hydrogen-bond acceptors (Lipinski definition) is 6. The fourth-order valence-corrected chi connectivity index (χ4v) is 5.08. The van der Waals surface area contributed by atoms with Crippen molar-refractivity contribution >= 4 is 0 Å². The number of nitrogens with zero attached hydrogens (tertiary/aromatic N) is 6. The van der Waals surface area contributed by atoms with Crippen LogP contribution in [0.25, 0.3) is 34.2 Å². The molecule has 8 nitrogen and oxygen atoms in total. The number of aryl methyl sites for hydroxylation is 2. The summed E-state index contributed by atoms with van der Waals surface area (Å²) in [6.45, 7) is 7.63. The molecular formula is C42H57Ir2N6O2-. The molecule has 0 aliphatic carbocycles. The van der Waals surface area contributed by atoms with Crippen LogP contribution < -0.4 is 0 Å². The topological polar surface area (TPSA) is 102 Å². The van der Waals surface area contributed by atoms with Crippen molar-refractivity contribution in [2.45, 2.75) is 94.3 Å². The van der Waals surface area contributed by atoms with Crippen molar-refractivity contribution in [3.63, 3.8) is 0 Å². The van der Waals surface area contributed by atoms with Crippen LogP contribution in [-0.4, -0.2) is 51.9 Å². The molecule has 0 fully saturated rings. The first kappa shape index (κ1) is 50.5. The van der Waals surface area contributed by atoms with E-state index in [1.54, 1.807) is 13.8 Å². The normalized spacial score (nSPS) is 10.7. The summed E-state index contributed by atoms with van der Waals surface area (Å²) in [5.41, 5.74) is 4.26. The molecule has 10 heteroatoms. The standard InChI is InChI=1S/C17H17N3.C17H16N3.C5H12O2.3CH4.2Ir/c2*1-2-9-16-18-19-17(14-10-5-3-6-11-14)20(16)15-12-7-4-8-13-15;1-4(6)3-5(2)7;;;;;/h3-8,10-13H,2,9H2,1H3;3-8,10,12-13H,2,9H2,1H3;4-7H,3H2,1-2H3;3*1H4;;/q;-1;;;;;;. The van der Waals surface area contributed by atoms with Crippen LogP contribution in [0.5, 0.6) is 0 Å². The van der Waals surface area contributed by atoms with Gasteiger partial charge in [0.2, 0.25) is 0 Å². The molecule has 6 rings (SSSR count). The van der Waals surface area contributed by atoms with Crippen molar-refractivity contribution in [1.29, 1.82) is 0 Å². The number of aliphatic hydroxyl groups excluding tert-OH is 2. The largest absolute Gasteiger partial charge is 0.393 e. The molecule has 0 saturated carbocycles. The Hall–Kier alpha value is -3.62. The Labute approximate surface area is 339 Å². The van der Waals surface area contributed by atoms with Crippen LogP contribution in [0.1, 0.15) is 80.9 Å². The van der Waals surface area contributed by atoms with E-state index in [4.69, 9.17) is 10.2 Å². The molecule has 0 bridgehead atoms. The first-order valence-electron chi connectivity index (χ1n) is 16.3. The molecule has 6 aromatic rings. The molecule has 0 amide bonds. The summed E-state index contributed by atoms with van der Waals surface area (Å²) in [7, 11) is 0. The van der Waals surface area contributed by atoms with Crippen molar-refractivity contribution in [2.24, 2.45) is 0 Å². The predicted octanol–water partition coefficient (Wildman–Crippen LogP) is 9.62. The van der Waals surface area contributed by atoms with E-state index in [1.807, 2.05) is 78.9 Å². The zero-order chi connectivity index (χ0) is 33.4. The second kappa shape index (κ2) is 27.1. The van der Waals surface area contributed by atoms with Gasteiger partial charge in [0.05, 0.1) is 18.0 Å². The van der Waals surface area contributed by atoms with Gasteiger partial charge in [0.15, 0.2) is 5.82 Å². The van der Waals surface area contributed by atoms with E-state index in [9.17, 15) is 0 Å². The third kappa shape index (κ3) is 14.8. The van der Waals surface area contributed by atoms with Crippen LogP contribution in [0.3, 0.4) is 0 Å². The van der Waals surface area contributed by atoms with Crippen molar-refractivity contribution in [3.8, 4) is 34.2 Å². The third-order valence-corrected chi connectivity index (χ3v) is 7.10. The number of benzene rings is 4. The van der Waals surface area contributed by atoms with Gasteiger partial charge in [-0.2, -0.15) is 5.10 Å². The summed E-state index contributed by atoms with van der Waals surface area (Å²) >= 11 is 0. The molecule has 0 aliphatic rings. The number of rotatable bonds is 10. The molecule has 2 heterocycles. The zero-order valence-electron chi connectivity index (χ0n) is 28.4. The fraction of sp³-hybridized carbons (Fsp3) is 0.333. The fourth-order valence-electron chi connectivity index (χ4n) is 5.08. The summed E-state index contributed by atoms with van der Waals surface area (Å²) in [5, 5.41) is 34.6. The maximum absolute atomic E-state index is 8.56. The van der Waals surface area contributed by atoms with Gasteiger partial charge in [0.1, 0.15) is 11.6 Å². The van der Waals surface area contributed by atoms with E-state index in [-0.39, 0.29) is 74.7 Å². The van der Waals surface area contributed by atoms with E-state index >= 15 is 0 Å². The third-order valence-electron chi connectivity index (χ3n) is 7.10. The Morgan fingerprint density at radius 1 is 0.558 bits per heavy atom. The summed E-state index contributed by atoms with van der Waals surface area (Å²) in [4.78, 5) is 0. The monoisotopic (exact) mass is 1060 g/mol. The number of aliphatic hydroxyl groups is 2. The van der Waals surface area contributed by atoms with Gasteiger partial charge in [-0.15, -0.1) is 51.2 Å². The van der Waals surface area contributed by atoms with Crippen LogP contribution in [0.4, 0.5) is 0 Å². The van der Waals surface area contributed by atoms with Gasteiger partial charge >= 0.3 is 0 Å². The SMILES string of the molecule is C.C.C.CC(O)CC(C)O.CCCc1nnc(-c2[c-]cccc2)n1-c1ccccc1.CCCc1nnc(-c2ccccc2)n1-c1ccccc1.[Ir].[Ir]. The minimum absolute atomic E-state index is 0. The maximum atomic E-state index is 8.56. The average Bonchev–Trinajstić information content (AvgIpc) is 3.71. The molecule has 2 N–H and O–H groups in total. The van der Waals surface area contributed by atoms with Gasteiger partial charge in [0, 0.05) is 70.0 Å². The molecule has 0 aliphatic heterocycles. The summed E-state index contributed by atoms with van der Waals surface area (Å²) < 4.78 is 4.27. The smallest absolute Gasteiger partial charge is 0.168 e. The Balaban J connectivity index is 0. The van der Waals surface area contributed by atoms with Crippen LogP contribution in [0, 0.1) is 6.07 Å². The van der Waals surface area contributed by atoms with E-state index in [2.05, 4.69) is 85.8 Å². The molecule has 0 saturated heterocycles. The molecule has 0 spiro atoms. The molecule has 2 radical (unpaired) electrons. The van der Waals surface area contributed by atoms with Crippen molar-refractivity contribution in [1.82, 2.24) is 29.5 Å². The van der Waals surface area contributed by atoms with Gasteiger partial charge in [0.25, 0.3) is 0 Å². The molecule has 4 aromatic carbocycles. The number of para-hydroxylation sites is 2. The van der Waals surface area contributed by atoms with Crippen molar-refractivity contribution in [2.75, 3.05) is 0 Å². The minimum atomic E-state index is -0.375. The Kier molecular flexibility index (Phi) is 26.3. The Bertz CT molecular complexity index is 1600. The molecule has 2 unspecified atom stereocenters. The molecule has 52 heavy (non-hydrogen) atoms. The first-order chi connectivity index (χ1) is 22.9. The first-order valence-corrected chi connectivity index (χ1v) is 16.3. The van der Waals surface area contributed by atoms with Crippen molar-refractivity contribution in [3.05, 3.63) is 133 Å². The number of hydrogen-bond donors (Lipinski definition) is 2. The second-order valence-electron chi connectivity index (χ2n) is 11.3. The van der Waals surface area contributed by atoms with E-state index in [1.165, 1.54) is 0 Å². The minimum Gasteiger partial charge on any atom is -0.393 e. The zero-order valence-corrected chi connectivity index (χ0v) is 33.2. The maximum Gasteiger partial charge on any atom is 0.168 e. The van der Waals surface area contributed by atoms with Gasteiger partial charge in [-0.05, 0) is 57.4 Å². The molecule has 2 aromatic heterocycles. The molecule has 2 atom stereocenters. The Morgan fingerprint density at radius 3 is 1.35 bits per heavy atom. The van der Waals surface area contributed by atoms with Crippen LogP contribution in [0.2, 0.25) is 0 Å². The van der Waals surface area contributed by atoms with Crippen LogP contribution >= 0.6 is 0 Å². The van der Waals surface area contributed by atoms with Gasteiger partial charge < -0.3 is 14.8 Å². The molecular weight excluding hydrogens is 1000 g/mol. The van der Waals surface area contributed by atoms with Gasteiger partial charge in [-0.3, -0.25) is 4.57 Å². The average molecular weight is 1060 g/mol. The van der Waals surface area contributed by atoms with Crippen molar-refractivity contribution < 1.29 is 50.4 Å². The van der Waals surface area contributed by atoms with E-state index < -0.39 is 0 Å². The quantitative estimate of drug-likeness (QED) is 0.133. The van der Waals surface area contributed by atoms with Gasteiger partial charge in [-0.1, -0.05) is 103 Å². The van der Waals surface area contributed by atoms with Crippen LogP contribution in [-0.2, 0) is 53.1 Å². The van der Waals surface area contributed by atoms with E-state index in [0.29, 0.717) is 6.42 Å². The Morgan fingerprint density at radius 2 is 0.962 bits per heavy atom. The number of aromatic nitrogens is 6. The summed E-state index contributed by atoms with van der Waals surface area (Å²) in [6.07, 6.45) is 3.66. The summed E-state index contributed by atoms with van der Waals surface area (Å²) in [5.74, 6) is 3.75. The van der Waals surface area contributed by atoms with E-state index in [0.717, 1.165) is 71.5 Å². The second-order valence-corrected chi connectivity index (χ2v) is 11.3. The predicted molar refractivity (Wildman–Crippen MR) is 209 cm³/mol. The van der Waals surface area contributed by atoms with Crippen LogP contribution in [0.15, 0.2) is 115 Å².